The Kier molecular flexibility index (Phi) is 7.99. The second kappa shape index (κ2) is 11.2. The lowest BCUT2D eigenvalue weighted by atomic mass is 9.85. The fourth-order valence-corrected chi connectivity index (χ4v) is 6.88. The number of amides is 2. The van der Waals surface area contributed by atoms with Crippen molar-refractivity contribution < 1.29 is 9.59 Å². The lowest BCUT2D eigenvalue weighted by Gasteiger charge is -2.41. The van der Waals surface area contributed by atoms with Crippen LogP contribution in [0, 0.1) is 17.8 Å². The number of carbonyl (C=O) groups excluding carboxylic acids is 2. The van der Waals surface area contributed by atoms with Gasteiger partial charge in [0.25, 0.3) is 0 Å². The topological polar surface area (TPSA) is 68.2 Å². The molecule has 4 aliphatic rings. The molecule has 5 rings (SSSR count). The van der Waals surface area contributed by atoms with Gasteiger partial charge in [-0.15, -0.1) is 0 Å². The van der Waals surface area contributed by atoms with Crippen LogP contribution < -0.4 is 5.32 Å². The number of nitrogens with zero attached hydrogens (tertiary/aromatic N) is 4. The van der Waals surface area contributed by atoms with E-state index in [4.69, 9.17) is 11.6 Å². The van der Waals surface area contributed by atoms with Gasteiger partial charge in [-0.3, -0.25) is 14.6 Å². The molecule has 2 amide bonds. The lowest BCUT2D eigenvalue weighted by molar-refractivity contribution is -0.142. The molecule has 8 heteroatoms. The number of hydrogen-bond donors (Lipinski definition) is 1. The van der Waals surface area contributed by atoms with Gasteiger partial charge >= 0.3 is 0 Å². The molecule has 1 aliphatic carbocycles. The average molecular weight is 528 g/mol. The first-order valence-corrected chi connectivity index (χ1v) is 14.6. The van der Waals surface area contributed by atoms with Crippen LogP contribution in [-0.4, -0.2) is 83.8 Å². The number of benzene rings is 1. The highest BCUT2D eigenvalue weighted by Crippen LogP contribution is 2.37. The van der Waals surface area contributed by atoms with Crippen LogP contribution in [-0.2, 0) is 9.59 Å². The molecule has 3 heterocycles. The summed E-state index contributed by atoms with van der Waals surface area (Å²) in [5.74, 6) is 2.02. The number of carbonyl (C=O) groups is 2. The maximum Gasteiger partial charge on any atom is 0.228 e. The van der Waals surface area contributed by atoms with Crippen LogP contribution in [0.15, 0.2) is 29.3 Å². The zero-order chi connectivity index (χ0) is 26.1. The molecule has 1 unspecified atom stereocenters. The Hall–Kier alpha value is -2.28. The molecule has 3 aliphatic heterocycles. The predicted octanol–water partition coefficient (Wildman–Crippen LogP) is 3.98. The molecule has 0 aromatic heterocycles. The molecule has 37 heavy (non-hydrogen) atoms. The van der Waals surface area contributed by atoms with Crippen LogP contribution in [0.25, 0.3) is 0 Å². The maximum absolute atomic E-state index is 14.1. The minimum atomic E-state index is -0.144. The summed E-state index contributed by atoms with van der Waals surface area (Å²) in [4.78, 5) is 38.5. The molecule has 1 saturated carbocycles. The second-order valence-electron chi connectivity index (χ2n) is 11.8. The van der Waals surface area contributed by atoms with Gasteiger partial charge in [0, 0.05) is 55.6 Å². The Morgan fingerprint density at radius 3 is 2.41 bits per heavy atom. The van der Waals surface area contributed by atoms with Gasteiger partial charge in [0.05, 0.1) is 18.5 Å². The van der Waals surface area contributed by atoms with Gasteiger partial charge < -0.3 is 20.0 Å². The summed E-state index contributed by atoms with van der Waals surface area (Å²) in [6.07, 6.45) is 5.39. The highest BCUT2D eigenvalue weighted by molar-refractivity contribution is 6.30. The van der Waals surface area contributed by atoms with Crippen molar-refractivity contribution in [3.05, 3.63) is 34.9 Å². The van der Waals surface area contributed by atoms with E-state index in [1.54, 1.807) is 0 Å². The minimum absolute atomic E-state index is 0.0264. The molecule has 3 atom stereocenters. The third kappa shape index (κ3) is 5.62. The summed E-state index contributed by atoms with van der Waals surface area (Å²) < 4.78 is 0. The summed E-state index contributed by atoms with van der Waals surface area (Å²) in [5.41, 5.74) is 1.15. The zero-order valence-corrected chi connectivity index (χ0v) is 23.3. The first-order chi connectivity index (χ1) is 17.8. The highest BCUT2D eigenvalue weighted by atomic mass is 35.5. The van der Waals surface area contributed by atoms with Crippen molar-refractivity contribution in [3.63, 3.8) is 0 Å². The molecule has 1 aromatic rings. The third-order valence-corrected chi connectivity index (χ3v) is 9.14. The summed E-state index contributed by atoms with van der Waals surface area (Å²) >= 11 is 6.17. The van der Waals surface area contributed by atoms with Crippen LogP contribution in [0.4, 0.5) is 0 Å². The van der Waals surface area contributed by atoms with Gasteiger partial charge in [0.1, 0.15) is 0 Å². The average Bonchev–Trinajstić information content (AvgIpc) is 3.66. The SMILES string of the molecule is CC1CCC(N(C(=O)C(C)C)[C@H]2CCN(C(=O)C3CN(C4=NCCN4)C[C@H]3c3ccc(Cl)cc3)C2)CC1. The van der Waals surface area contributed by atoms with E-state index >= 15 is 0 Å². The molecule has 0 bridgehead atoms. The van der Waals surface area contributed by atoms with Gasteiger partial charge in [-0.05, 0) is 55.7 Å². The van der Waals surface area contributed by atoms with Gasteiger partial charge in [-0.2, -0.15) is 0 Å². The Bertz CT molecular complexity index is 1000. The molecule has 7 nitrogen and oxygen atoms in total. The van der Waals surface area contributed by atoms with Crippen molar-refractivity contribution in [1.29, 1.82) is 0 Å². The lowest BCUT2D eigenvalue weighted by Crippen LogP contribution is -2.51. The summed E-state index contributed by atoms with van der Waals surface area (Å²) in [5, 5.41) is 4.09. The predicted molar refractivity (Wildman–Crippen MR) is 148 cm³/mol. The molecular weight excluding hydrogens is 486 g/mol. The van der Waals surface area contributed by atoms with E-state index in [1.807, 2.05) is 30.9 Å². The number of nitrogens with one attached hydrogen (secondary N) is 1. The van der Waals surface area contributed by atoms with Gasteiger partial charge in [0.15, 0.2) is 5.96 Å². The summed E-state index contributed by atoms with van der Waals surface area (Å²) in [6, 6.07) is 8.37. The Labute approximate surface area is 226 Å². The number of halogens is 1. The number of aliphatic imine (C=N–C) groups is 1. The van der Waals surface area contributed by atoms with Crippen molar-refractivity contribution in [3.8, 4) is 0 Å². The van der Waals surface area contributed by atoms with E-state index in [2.05, 4.69) is 39.2 Å². The minimum Gasteiger partial charge on any atom is -0.354 e. The quantitative estimate of drug-likeness (QED) is 0.629. The van der Waals surface area contributed by atoms with Gasteiger partial charge in [-0.25, -0.2) is 0 Å². The van der Waals surface area contributed by atoms with E-state index in [-0.39, 0.29) is 35.6 Å². The zero-order valence-electron chi connectivity index (χ0n) is 22.5. The van der Waals surface area contributed by atoms with Crippen molar-refractivity contribution >= 4 is 29.4 Å². The van der Waals surface area contributed by atoms with Crippen molar-refractivity contribution in [2.45, 2.75) is 70.9 Å². The van der Waals surface area contributed by atoms with Gasteiger partial charge in [0.2, 0.25) is 11.8 Å². The Balaban J connectivity index is 1.33. The van der Waals surface area contributed by atoms with E-state index in [9.17, 15) is 9.59 Å². The first kappa shape index (κ1) is 26.3. The van der Waals surface area contributed by atoms with Crippen LogP contribution in [0.1, 0.15) is 64.4 Å². The van der Waals surface area contributed by atoms with E-state index in [1.165, 1.54) is 12.8 Å². The third-order valence-electron chi connectivity index (χ3n) is 8.89. The standard InChI is InChI=1S/C29H42ClN5O2/c1-19(2)27(36)35(23-10-4-20(3)5-11-23)24-12-15-33(16-24)28(37)26-18-34(29-31-13-14-32-29)17-25(26)21-6-8-22(30)9-7-21/h6-9,19-20,23-26H,4-5,10-18H2,1-3H3,(H,31,32)/t20?,23?,24-,25-,26?/m0/s1. The second-order valence-corrected chi connectivity index (χ2v) is 12.3. The van der Waals surface area contributed by atoms with Gasteiger partial charge in [-0.1, -0.05) is 44.5 Å². The molecule has 1 aromatic carbocycles. The molecular formula is C29H42ClN5O2. The summed E-state index contributed by atoms with van der Waals surface area (Å²) in [7, 11) is 0. The van der Waals surface area contributed by atoms with Crippen LogP contribution in [0.5, 0.6) is 0 Å². The monoisotopic (exact) mass is 527 g/mol. The first-order valence-electron chi connectivity index (χ1n) is 14.2. The highest BCUT2D eigenvalue weighted by Gasteiger charge is 2.45. The van der Waals surface area contributed by atoms with Crippen molar-refractivity contribution in [2.75, 3.05) is 39.3 Å². The molecule has 0 spiro atoms. The van der Waals surface area contributed by atoms with Crippen molar-refractivity contribution in [2.24, 2.45) is 22.7 Å². The van der Waals surface area contributed by atoms with Crippen LogP contribution >= 0.6 is 11.6 Å². The molecule has 0 radical (unpaired) electrons. The van der Waals surface area contributed by atoms with E-state index in [0.717, 1.165) is 62.9 Å². The normalized spacial score (nSPS) is 30.0. The molecule has 202 valence electrons. The number of hydrogen-bond acceptors (Lipinski definition) is 5. The molecule has 1 N–H and O–H groups in total. The Morgan fingerprint density at radius 2 is 1.76 bits per heavy atom. The van der Waals surface area contributed by atoms with E-state index in [0.29, 0.717) is 24.2 Å². The maximum atomic E-state index is 14.1. The van der Waals surface area contributed by atoms with E-state index < -0.39 is 0 Å². The number of rotatable bonds is 5. The van der Waals surface area contributed by atoms with Crippen LogP contribution in [0.2, 0.25) is 5.02 Å². The number of likely N-dealkylation sites (tertiary alicyclic amines) is 2. The fourth-order valence-electron chi connectivity index (χ4n) is 6.75. The molecule has 2 saturated heterocycles. The summed E-state index contributed by atoms with van der Waals surface area (Å²) in [6.45, 7) is 10.7. The fraction of sp³-hybridized carbons (Fsp3) is 0.690. The number of guanidine groups is 1. The smallest absolute Gasteiger partial charge is 0.228 e. The largest absolute Gasteiger partial charge is 0.354 e. The van der Waals surface area contributed by atoms with Crippen LogP contribution in [0.3, 0.4) is 0 Å². The molecule has 3 fully saturated rings. The Morgan fingerprint density at radius 1 is 1.03 bits per heavy atom. The van der Waals surface area contributed by atoms with Crippen molar-refractivity contribution in [1.82, 2.24) is 20.0 Å².